The predicted molar refractivity (Wildman–Crippen MR) is 139 cm³/mol. The van der Waals surface area contributed by atoms with Crippen LogP contribution in [0.4, 0.5) is 17.6 Å². The SMILES string of the molecule is COCCn1c(SCc2cccc(C(F)(F)F)c2F)nnc1-c1cc(-c2ccccc2)nc2ccccc12. The van der Waals surface area contributed by atoms with Gasteiger partial charge in [-0.3, -0.25) is 4.57 Å². The van der Waals surface area contributed by atoms with E-state index in [2.05, 4.69) is 10.2 Å². The molecule has 194 valence electrons. The van der Waals surface area contributed by atoms with Gasteiger partial charge in [0.1, 0.15) is 5.82 Å². The number of benzene rings is 3. The van der Waals surface area contributed by atoms with E-state index >= 15 is 0 Å². The number of rotatable bonds is 8. The van der Waals surface area contributed by atoms with Crippen molar-refractivity contribution in [3.8, 4) is 22.6 Å². The Morgan fingerprint density at radius 2 is 1.68 bits per heavy atom. The van der Waals surface area contributed by atoms with Crippen LogP contribution in [0.3, 0.4) is 0 Å². The number of aromatic nitrogens is 4. The second kappa shape index (κ2) is 10.9. The molecule has 0 unspecified atom stereocenters. The number of fused-ring (bicyclic) bond motifs is 1. The summed E-state index contributed by atoms with van der Waals surface area (Å²) in [5.74, 6) is -0.763. The predicted octanol–water partition coefficient (Wildman–Crippen LogP) is 7.26. The van der Waals surface area contributed by atoms with Crippen molar-refractivity contribution in [1.29, 1.82) is 0 Å². The van der Waals surface area contributed by atoms with Crippen molar-refractivity contribution in [2.45, 2.75) is 23.6 Å². The summed E-state index contributed by atoms with van der Waals surface area (Å²) in [7, 11) is 1.57. The van der Waals surface area contributed by atoms with Crippen molar-refractivity contribution in [3.05, 3.63) is 95.8 Å². The third kappa shape index (κ3) is 5.27. The number of methoxy groups -OCH3 is 1. The monoisotopic (exact) mass is 538 g/mol. The first-order valence-electron chi connectivity index (χ1n) is 11.7. The molecule has 2 aromatic heterocycles. The average molecular weight is 539 g/mol. The normalized spacial score (nSPS) is 11.8. The Kier molecular flexibility index (Phi) is 7.44. The number of para-hydroxylation sites is 1. The van der Waals surface area contributed by atoms with Crippen LogP contribution >= 0.6 is 11.8 Å². The van der Waals surface area contributed by atoms with Crippen LogP contribution in [0.2, 0.25) is 0 Å². The van der Waals surface area contributed by atoms with Crippen molar-refractivity contribution in [3.63, 3.8) is 0 Å². The Morgan fingerprint density at radius 1 is 0.921 bits per heavy atom. The lowest BCUT2D eigenvalue weighted by atomic mass is 10.0. The highest BCUT2D eigenvalue weighted by Crippen LogP contribution is 2.36. The number of hydrogen-bond donors (Lipinski definition) is 0. The highest BCUT2D eigenvalue weighted by Gasteiger charge is 2.34. The molecule has 0 atom stereocenters. The fourth-order valence-corrected chi connectivity index (χ4v) is 5.09. The molecule has 5 rings (SSSR count). The lowest BCUT2D eigenvalue weighted by Gasteiger charge is -2.13. The van der Waals surface area contributed by atoms with Gasteiger partial charge in [-0.25, -0.2) is 9.37 Å². The molecule has 0 saturated carbocycles. The van der Waals surface area contributed by atoms with Gasteiger partial charge in [0, 0.05) is 29.4 Å². The van der Waals surface area contributed by atoms with Crippen molar-refractivity contribution < 1.29 is 22.3 Å². The molecule has 0 aliphatic carbocycles. The molecular formula is C28H22F4N4OS. The summed E-state index contributed by atoms with van der Waals surface area (Å²) in [5.41, 5.74) is 1.95. The van der Waals surface area contributed by atoms with E-state index in [0.717, 1.165) is 45.6 Å². The van der Waals surface area contributed by atoms with Gasteiger partial charge in [0.25, 0.3) is 0 Å². The van der Waals surface area contributed by atoms with E-state index in [1.165, 1.54) is 12.1 Å². The molecule has 0 aliphatic rings. The molecule has 0 saturated heterocycles. The summed E-state index contributed by atoms with van der Waals surface area (Å²) >= 11 is 1.12. The lowest BCUT2D eigenvalue weighted by Crippen LogP contribution is -2.10. The van der Waals surface area contributed by atoms with Crippen LogP contribution in [-0.2, 0) is 23.2 Å². The molecule has 0 amide bonds. The smallest absolute Gasteiger partial charge is 0.383 e. The number of hydrogen-bond acceptors (Lipinski definition) is 5. The van der Waals surface area contributed by atoms with E-state index in [1.807, 2.05) is 65.2 Å². The first-order valence-corrected chi connectivity index (χ1v) is 12.7. The Balaban J connectivity index is 1.56. The van der Waals surface area contributed by atoms with Gasteiger partial charge in [0.05, 0.1) is 29.9 Å². The molecule has 5 nitrogen and oxygen atoms in total. The number of alkyl halides is 3. The van der Waals surface area contributed by atoms with Gasteiger partial charge in [0.2, 0.25) is 0 Å². The summed E-state index contributed by atoms with van der Waals surface area (Å²) < 4.78 is 61.3. The van der Waals surface area contributed by atoms with Crippen molar-refractivity contribution in [1.82, 2.24) is 19.7 Å². The van der Waals surface area contributed by atoms with Gasteiger partial charge in [-0.15, -0.1) is 10.2 Å². The molecule has 10 heteroatoms. The molecule has 3 aromatic carbocycles. The van der Waals surface area contributed by atoms with Crippen molar-refractivity contribution in [2.75, 3.05) is 13.7 Å². The molecule has 0 radical (unpaired) electrons. The van der Waals surface area contributed by atoms with Crippen LogP contribution in [-0.4, -0.2) is 33.5 Å². The molecule has 0 fully saturated rings. The van der Waals surface area contributed by atoms with Crippen molar-refractivity contribution >= 4 is 22.7 Å². The largest absolute Gasteiger partial charge is 0.419 e. The molecular weight excluding hydrogens is 516 g/mol. The first-order chi connectivity index (χ1) is 18.4. The highest BCUT2D eigenvalue weighted by molar-refractivity contribution is 7.98. The van der Waals surface area contributed by atoms with Crippen LogP contribution < -0.4 is 0 Å². The minimum Gasteiger partial charge on any atom is -0.383 e. The van der Waals surface area contributed by atoms with Crippen molar-refractivity contribution in [2.24, 2.45) is 0 Å². The van der Waals surface area contributed by atoms with E-state index in [0.29, 0.717) is 24.1 Å². The number of halogens is 4. The summed E-state index contributed by atoms with van der Waals surface area (Å²) in [6, 6.07) is 22.7. The Hall–Kier alpha value is -3.76. The molecule has 0 N–H and O–H groups in total. The topological polar surface area (TPSA) is 52.8 Å². The van der Waals surface area contributed by atoms with Crippen LogP contribution in [0, 0.1) is 5.82 Å². The molecule has 38 heavy (non-hydrogen) atoms. The number of pyridine rings is 1. The second-order valence-electron chi connectivity index (χ2n) is 8.45. The number of thioether (sulfide) groups is 1. The van der Waals surface area contributed by atoms with E-state index in [1.54, 1.807) is 7.11 Å². The highest BCUT2D eigenvalue weighted by atomic mass is 32.2. The minimum absolute atomic E-state index is 0.0484. The maximum atomic E-state index is 14.6. The fraction of sp³-hybridized carbons (Fsp3) is 0.179. The number of ether oxygens (including phenoxy) is 1. The number of nitrogens with zero attached hydrogens (tertiary/aromatic N) is 4. The van der Waals surface area contributed by atoms with Gasteiger partial charge in [-0.2, -0.15) is 13.2 Å². The zero-order valence-electron chi connectivity index (χ0n) is 20.2. The average Bonchev–Trinajstić information content (AvgIpc) is 3.32. The van der Waals surface area contributed by atoms with E-state index in [9.17, 15) is 17.6 Å². The Morgan fingerprint density at radius 3 is 2.45 bits per heavy atom. The molecule has 2 heterocycles. The third-order valence-corrected chi connectivity index (χ3v) is 7.02. The minimum atomic E-state index is -4.77. The van der Waals surface area contributed by atoms with E-state index in [-0.39, 0.29) is 11.3 Å². The second-order valence-corrected chi connectivity index (χ2v) is 9.40. The zero-order valence-corrected chi connectivity index (χ0v) is 21.1. The molecule has 0 aliphatic heterocycles. The fourth-order valence-electron chi connectivity index (χ4n) is 4.15. The van der Waals surface area contributed by atoms with E-state index < -0.39 is 17.6 Å². The summed E-state index contributed by atoms with van der Waals surface area (Å²) in [4.78, 5) is 4.82. The third-order valence-electron chi connectivity index (χ3n) is 6.00. The van der Waals surface area contributed by atoms with Crippen LogP contribution in [0.5, 0.6) is 0 Å². The van der Waals surface area contributed by atoms with Gasteiger partial charge < -0.3 is 4.74 Å². The lowest BCUT2D eigenvalue weighted by molar-refractivity contribution is -0.140. The summed E-state index contributed by atoms with van der Waals surface area (Å²) in [5, 5.41) is 10.1. The van der Waals surface area contributed by atoms with E-state index in [4.69, 9.17) is 9.72 Å². The van der Waals surface area contributed by atoms with Gasteiger partial charge >= 0.3 is 6.18 Å². The molecule has 5 aromatic rings. The standard InChI is InChI=1S/C28H22F4N4OS/c1-37-15-14-36-26(34-35-27(36)38-17-19-10-7-12-22(25(19)29)28(30,31)32)21-16-24(18-8-3-2-4-9-18)33-23-13-6-5-11-20(21)23/h2-13,16H,14-15,17H2,1H3. The zero-order chi connectivity index (χ0) is 26.7. The summed E-state index contributed by atoms with van der Waals surface area (Å²) in [6.45, 7) is 0.745. The summed E-state index contributed by atoms with van der Waals surface area (Å²) in [6.07, 6.45) is -4.77. The van der Waals surface area contributed by atoms with Crippen LogP contribution in [0.25, 0.3) is 33.5 Å². The van der Waals surface area contributed by atoms with Crippen LogP contribution in [0.1, 0.15) is 11.1 Å². The molecule has 0 bridgehead atoms. The quantitative estimate of drug-likeness (QED) is 0.154. The Bertz CT molecular complexity index is 1570. The maximum Gasteiger partial charge on any atom is 0.419 e. The van der Waals surface area contributed by atoms with Gasteiger partial charge in [0.15, 0.2) is 11.0 Å². The first kappa shape index (κ1) is 25.9. The van der Waals surface area contributed by atoms with Crippen LogP contribution in [0.15, 0.2) is 84.0 Å². The maximum absolute atomic E-state index is 14.6. The van der Waals surface area contributed by atoms with Gasteiger partial charge in [-0.05, 0) is 23.8 Å². The van der Waals surface area contributed by atoms with Gasteiger partial charge in [-0.1, -0.05) is 72.4 Å². The Labute approximate surface area is 220 Å². The molecule has 0 spiro atoms.